The van der Waals surface area contributed by atoms with Gasteiger partial charge in [0.05, 0.1) is 0 Å². The predicted molar refractivity (Wildman–Crippen MR) is 242 cm³/mol. The fourth-order valence-corrected chi connectivity index (χ4v) is 20.2. The van der Waals surface area contributed by atoms with E-state index >= 15 is 0 Å². The van der Waals surface area contributed by atoms with Gasteiger partial charge in [-0.25, -0.2) is 0 Å². The van der Waals surface area contributed by atoms with Crippen LogP contribution in [0.25, 0.3) is 10.8 Å². The van der Waals surface area contributed by atoms with Gasteiger partial charge in [0.15, 0.2) is 0 Å². The van der Waals surface area contributed by atoms with Crippen molar-refractivity contribution in [1.29, 1.82) is 0 Å². The third-order valence-corrected chi connectivity index (χ3v) is 22.1. The van der Waals surface area contributed by atoms with E-state index < -0.39 is 0 Å². The standard InChI is InChI=1S/C29H38.C28H46/c1-17-25-10-6-5-9-21(25)15-24-16-23-13-12-22-14-20-8-4-7-11-26(20)18(2)28(22)29(23)19(3)27(17)24;1-16-24-10-6-4-8-19(24)12-21-14-23-15-22-13-20-9-5-7-11-25(20)17(2)27(22)28(23)18(3)26(16)21/h12-13,16-18,20-21,25-26H,4-11,14-15H2,1-3H3;16-28H,4-15H2,1-3H3/t17-,18?,20+,21-,25+,26-;16-,17?,18?,19-,20+,21?,22?,23?,24+,25-,26?,27?,28?/m00/s1. The third kappa shape index (κ3) is 6.27. The topological polar surface area (TPSA) is 0 Å². The molecular formula is C57H84. The highest BCUT2D eigenvalue weighted by molar-refractivity contribution is 5.92. The van der Waals surface area contributed by atoms with Crippen LogP contribution < -0.4 is 0 Å². The Hall–Kier alpha value is -1.30. The molecule has 9 unspecified atom stereocenters. The van der Waals surface area contributed by atoms with Crippen LogP contribution in [0.5, 0.6) is 0 Å². The van der Waals surface area contributed by atoms with Crippen LogP contribution in [0, 0.1) is 108 Å². The zero-order chi connectivity index (χ0) is 38.7. The normalized spacial score (nSPS) is 48.2. The summed E-state index contributed by atoms with van der Waals surface area (Å²) in [4.78, 5) is 0. The lowest BCUT2D eigenvalue weighted by molar-refractivity contribution is -0.0853. The third-order valence-electron chi connectivity index (χ3n) is 22.1. The summed E-state index contributed by atoms with van der Waals surface area (Å²) >= 11 is 0. The molecule has 312 valence electrons. The van der Waals surface area contributed by atoms with Crippen LogP contribution in [-0.2, 0) is 12.8 Å². The molecular weight excluding hydrogens is 685 g/mol. The Kier molecular flexibility index (Phi) is 10.3. The molecule has 57 heavy (non-hydrogen) atoms. The Balaban J connectivity index is 0.000000131. The van der Waals surface area contributed by atoms with Gasteiger partial charge < -0.3 is 0 Å². The maximum absolute atomic E-state index is 2.76. The van der Waals surface area contributed by atoms with Crippen LogP contribution in [0.3, 0.4) is 0 Å². The maximum atomic E-state index is 2.76. The molecule has 0 radical (unpaired) electrons. The molecule has 10 aliphatic rings. The summed E-state index contributed by atoms with van der Waals surface area (Å²) in [7, 11) is 0. The van der Waals surface area contributed by atoms with Crippen molar-refractivity contribution < 1.29 is 0 Å². The van der Waals surface area contributed by atoms with Gasteiger partial charge in [-0.1, -0.05) is 117 Å². The molecule has 0 N–H and O–H groups in total. The Morgan fingerprint density at radius 3 is 1.44 bits per heavy atom. The summed E-state index contributed by atoms with van der Waals surface area (Å²) in [6.45, 7) is 15.8. The molecule has 0 heteroatoms. The largest absolute Gasteiger partial charge is 0.0619 e. The molecule has 10 aliphatic carbocycles. The van der Waals surface area contributed by atoms with Gasteiger partial charge in [0.2, 0.25) is 0 Å². The lowest BCUT2D eigenvalue weighted by atomic mass is 9.48. The number of aryl methyl sites for hydroxylation is 1. The first-order valence-corrected chi connectivity index (χ1v) is 26.3. The van der Waals surface area contributed by atoms with Crippen molar-refractivity contribution in [2.75, 3.05) is 0 Å². The number of rotatable bonds is 0. The van der Waals surface area contributed by atoms with Crippen LogP contribution >= 0.6 is 0 Å². The van der Waals surface area contributed by atoms with Gasteiger partial charge in [-0.15, -0.1) is 0 Å². The fourth-order valence-electron chi connectivity index (χ4n) is 20.2. The van der Waals surface area contributed by atoms with Crippen LogP contribution in [-0.4, -0.2) is 0 Å². The Morgan fingerprint density at radius 1 is 0.404 bits per heavy atom. The van der Waals surface area contributed by atoms with Crippen LogP contribution in [0.4, 0.5) is 0 Å². The molecule has 0 heterocycles. The van der Waals surface area contributed by atoms with E-state index in [1.165, 1.54) is 83.5 Å². The second-order valence-corrected chi connectivity index (χ2v) is 24.2. The molecule has 2 aromatic carbocycles. The second kappa shape index (κ2) is 15.3. The number of fused-ring (bicyclic) bond motifs is 12. The van der Waals surface area contributed by atoms with Crippen LogP contribution in [0.15, 0.2) is 18.2 Å². The van der Waals surface area contributed by atoms with E-state index in [0.717, 1.165) is 112 Å². The van der Waals surface area contributed by atoms with Crippen LogP contribution in [0.2, 0.25) is 0 Å². The van der Waals surface area contributed by atoms with Crippen molar-refractivity contribution >= 4 is 10.8 Å². The van der Waals surface area contributed by atoms with Gasteiger partial charge in [-0.2, -0.15) is 0 Å². The lowest BCUT2D eigenvalue weighted by Gasteiger charge is -2.57. The van der Waals surface area contributed by atoms with Crippen molar-refractivity contribution in [3.63, 3.8) is 0 Å². The highest BCUT2D eigenvalue weighted by Crippen LogP contribution is 2.66. The summed E-state index contributed by atoms with van der Waals surface area (Å²) in [6, 6.07) is 7.62. The summed E-state index contributed by atoms with van der Waals surface area (Å²) in [5.74, 6) is 19.4. The summed E-state index contributed by atoms with van der Waals surface area (Å²) in [5.41, 5.74) is 8.56. The Bertz CT molecular complexity index is 1780. The van der Waals surface area contributed by atoms with Gasteiger partial charge in [0.25, 0.3) is 0 Å². The van der Waals surface area contributed by atoms with Gasteiger partial charge in [0, 0.05) is 0 Å². The number of hydrogen-bond acceptors (Lipinski definition) is 0. The zero-order valence-electron chi connectivity index (χ0n) is 37.8. The quantitative estimate of drug-likeness (QED) is 0.250. The van der Waals surface area contributed by atoms with E-state index in [-0.39, 0.29) is 0 Å². The summed E-state index contributed by atoms with van der Waals surface area (Å²) in [5, 5.41) is 3.21. The van der Waals surface area contributed by atoms with Gasteiger partial charge in [-0.3, -0.25) is 0 Å². The SMILES string of the molecule is CC1C2C(CC3C[C@H]4CCCC[C@H]4C(C)C32)CC2C[C@@H]3CCCC[C@@H]3[C@H](C)C21.Cc1c2c(cc3ccc4c(c13)C(C)[C@@H]1CCCC[C@@H]1C4)C[C@@H]1CCCC[C@@H]1[C@@H]2C. The molecule has 8 saturated carbocycles. The molecule has 0 aromatic heterocycles. The van der Waals surface area contributed by atoms with Crippen molar-refractivity contribution in [3.8, 4) is 0 Å². The van der Waals surface area contributed by atoms with E-state index in [4.69, 9.17) is 0 Å². The Morgan fingerprint density at radius 2 is 0.842 bits per heavy atom. The van der Waals surface area contributed by atoms with E-state index in [9.17, 15) is 0 Å². The van der Waals surface area contributed by atoms with Crippen molar-refractivity contribution in [3.05, 3.63) is 46.0 Å². The maximum Gasteiger partial charge on any atom is -0.0114 e. The van der Waals surface area contributed by atoms with Gasteiger partial charge in [0.1, 0.15) is 0 Å². The molecule has 0 saturated heterocycles. The molecule has 12 rings (SSSR count). The number of hydrogen-bond donors (Lipinski definition) is 0. The minimum absolute atomic E-state index is 0.742. The first-order chi connectivity index (χ1) is 27.8. The average Bonchev–Trinajstić information content (AvgIpc) is 3.60. The van der Waals surface area contributed by atoms with Gasteiger partial charge in [-0.05, 0) is 235 Å². The average molecular weight is 769 g/mol. The Labute approximate surface area is 350 Å². The summed E-state index contributed by atoms with van der Waals surface area (Å²) < 4.78 is 0. The highest BCUT2D eigenvalue weighted by Gasteiger charge is 2.59. The van der Waals surface area contributed by atoms with E-state index in [1.807, 2.05) is 0 Å². The minimum Gasteiger partial charge on any atom is -0.0619 e. The van der Waals surface area contributed by atoms with Crippen LogP contribution in [0.1, 0.15) is 203 Å². The molecule has 8 fully saturated rings. The molecule has 0 bridgehead atoms. The first kappa shape index (κ1) is 38.6. The van der Waals surface area contributed by atoms with E-state index in [0.29, 0.717) is 0 Å². The van der Waals surface area contributed by atoms with E-state index in [2.05, 4.69) is 59.7 Å². The molecule has 0 amide bonds. The first-order valence-electron chi connectivity index (χ1n) is 26.3. The predicted octanol–water partition coefficient (Wildman–Crippen LogP) is 15.9. The number of benzene rings is 2. The second-order valence-electron chi connectivity index (χ2n) is 24.2. The molecule has 2 aromatic rings. The van der Waals surface area contributed by atoms with E-state index in [1.54, 1.807) is 96.4 Å². The van der Waals surface area contributed by atoms with Crippen molar-refractivity contribution in [1.82, 2.24) is 0 Å². The van der Waals surface area contributed by atoms with Crippen molar-refractivity contribution in [2.24, 2.45) is 101 Å². The highest BCUT2D eigenvalue weighted by atomic mass is 14.6. The van der Waals surface area contributed by atoms with Gasteiger partial charge >= 0.3 is 0 Å². The lowest BCUT2D eigenvalue weighted by Crippen LogP contribution is -2.51. The minimum atomic E-state index is 0.742. The zero-order valence-corrected chi connectivity index (χ0v) is 37.8. The molecule has 19 atom stereocenters. The smallest absolute Gasteiger partial charge is 0.0114 e. The molecule has 0 aliphatic heterocycles. The summed E-state index contributed by atoms with van der Waals surface area (Å²) in [6.07, 6.45) is 33.4. The molecule has 0 nitrogen and oxygen atoms in total. The fraction of sp³-hybridized carbons (Fsp3) is 0.825. The van der Waals surface area contributed by atoms with Crippen molar-refractivity contribution in [2.45, 2.75) is 195 Å². The molecule has 0 spiro atoms. The monoisotopic (exact) mass is 769 g/mol.